The van der Waals surface area contributed by atoms with Gasteiger partial charge in [-0.15, -0.1) is 0 Å². The molecule has 3 heteroatoms. The summed E-state index contributed by atoms with van der Waals surface area (Å²) >= 11 is 0. The molecule has 3 nitrogen and oxygen atoms in total. The first-order valence-corrected chi connectivity index (χ1v) is 7.55. The molecule has 1 heterocycles. The van der Waals surface area contributed by atoms with E-state index in [0.29, 0.717) is 19.8 Å². The second kappa shape index (κ2) is 6.77. The highest BCUT2D eigenvalue weighted by Gasteiger charge is 2.10. The van der Waals surface area contributed by atoms with Crippen LogP contribution in [0.25, 0.3) is 27.9 Å². The Kier molecular flexibility index (Phi) is 4.56. The summed E-state index contributed by atoms with van der Waals surface area (Å²) in [5.41, 5.74) is 3.63. The number of fused-ring (bicyclic) bond motifs is 3. The lowest BCUT2D eigenvalue weighted by molar-refractivity contribution is 0.0673. The van der Waals surface area contributed by atoms with Gasteiger partial charge in [0, 0.05) is 35.5 Å². The van der Waals surface area contributed by atoms with E-state index in [1.165, 1.54) is 21.8 Å². The number of para-hydroxylation sites is 1. The molecule has 22 heavy (non-hydrogen) atoms. The number of methoxy groups -OCH3 is 1. The highest BCUT2D eigenvalue weighted by atomic mass is 16.5. The third-order valence-electron chi connectivity index (χ3n) is 3.92. The van der Waals surface area contributed by atoms with Crippen LogP contribution in [0.4, 0.5) is 0 Å². The molecule has 0 spiro atoms. The summed E-state index contributed by atoms with van der Waals surface area (Å²) in [5, 5.41) is 2.54. The van der Waals surface area contributed by atoms with Crippen molar-refractivity contribution in [1.29, 1.82) is 0 Å². The molecular formula is C19H21NO2. The maximum Gasteiger partial charge on any atom is 0.0701 e. The fourth-order valence-electron chi connectivity index (χ4n) is 2.84. The van der Waals surface area contributed by atoms with Crippen LogP contribution in [-0.4, -0.2) is 31.5 Å². The third kappa shape index (κ3) is 2.78. The molecule has 3 aromatic rings. The van der Waals surface area contributed by atoms with Gasteiger partial charge in [0.1, 0.15) is 0 Å². The molecule has 0 aliphatic carbocycles. The lowest BCUT2D eigenvalue weighted by Gasteiger charge is -2.08. The van der Waals surface area contributed by atoms with E-state index in [1.807, 2.05) is 6.08 Å². The van der Waals surface area contributed by atoms with Gasteiger partial charge in [0.25, 0.3) is 0 Å². The van der Waals surface area contributed by atoms with Crippen molar-refractivity contribution in [2.45, 2.75) is 6.54 Å². The Bertz CT molecular complexity index is 789. The summed E-state index contributed by atoms with van der Waals surface area (Å²) in [6.45, 7) is 6.65. The SMILES string of the molecule is C=Cc1ccc2c(c1)c1ccccc1n2CCOCCOC. The van der Waals surface area contributed by atoms with E-state index in [4.69, 9.17) is 9.47 Å². The molecule has 0 amide bonds. The number of hydrogen-bond donors (Lipinski definition) is 0. The fourth-order valence-corrected chi connectivity index (χ4v) is 2.84. The topological polar surface area (TPSA) is 23.4 Å². The Morgan fingerprint density at radius 2 is 1.82 bits per heavy atom. The number of nitrogens with zero attached hydrogens (tertiary/aromatic N) is 1. The smallest absolute Gasteiger partial charge is 0.0701 e. The van der Waals surface area contributed by atoms with E-state index in [2.05, 4.69) is 53.6 Å². The van der Waals surface area contributed by atoms with Gasteiger partial charge in [-0.2, -0.15) is 0 Å². The van der Waals surface area contributed by atoms with Crippen LogP contribution in [0, 0.1) is 0 Å². The first kappa shape index (κ1) is 14.8. The average molecular weight is 295 g/mol. The molecule has 0 atom stereocenters. The van der Waals surface area contributed by atoms with Gasteiger partial charge in [-0.1, -0.05) is 36.9 Å². The van der Waals surface area contributed by atoms with Crippen LogP contribution in [0.1, 0.15) is 5.56 Å². The summed E-state index contributed by atoms with van der Waals surface area (Å²) in [4.78, 5) is 0. The van der Waals surface area contributed by atoms with Crippen molar-refractivity contribution in [3.05, 3.63) is 54.6 Å². The zero-order valence-electron chi connectivity index (χ0n) is 12.9. The van der Waals surface area contributed by atoms with Crippen molar-refractivity contribution >= 4 is 27.9 Å². The molecule has 1 aromatic heterocycles. The van der Waals surface area contributed by atoms with Crippen molar-refractivity contribution in [3.63, 3.8) is 0 Å². The van der Waals surface area contributed by atoms with Gasteiger partial charge in [-0.05, 0) is 23.8 Å². The number of rotatable bonds is 7. The van der Waals surface area contributed by atoms with E-state index in [0.717, 1.165) is 12.1 Å². The Hall–Kier alpha value is -2.10. The summed E-state index contributed by atoms with van der Waals surface area (Å²) in [6.07, 6.45) is 1.89. The van der Waals surface area contributed by atoms with Crippen LogP contribution in [0.5, 0.6) is 0 Å². The van der Waals surface area contributed by atoms with Gasteiger partial charge >= 0.3 is 0 Å². The minimum atomic E-state index is 0.633. The monoisotopic (exact) mass is 295 g/mol. The van der Waals surface area contributed by atoms with Crippen molar-refractivity contribution in [2.75, 3.05) is 26.9 Å². The van der Waals surface area contributed by atoms with E-state index >= 15 is 0 Å². The highest BCUT2D eigenvalue weighted by Crippen LogP contribution is 2.29. The molecule has 0 aliphatic rings. The minimum absolute atomic E-state index is 0.633. The molecule has 0 saturated heterocycles. The maximum atomic E-state index is 5.63. The van der Waals surface area contributed by atoms with E-state index < -0.39 is 0 Å². The van der Waals surface area contributed by atoms with Crippen molar-refractivity contribution in [2.24, 2.45) is 0 Å². The van der Waals surface area contributed by atoms with Crippen molar-refractivity contribution in [3.8, 4) is 0 Å². The molecule has 0 unspecified atom stereocenters. The van der Waals surface area contributed by atoms with Crippen LogP contribution in [0.15, 0.2) is 49.0 Å². The summed E-state index contributed by atoms with van der Waals surface area (Å²) in [5.74, 6) is 0. The first-order chi connectivity index (χ1) is 10.8. The Morgan fingerprint density at radius 3 is 2.64 bits per heavy atom. The molecule has 0 N–H and O–H groups in total. The lowest BCUT2D eigenvalue weighted by Crippen LogP contribution is -2.09. The molecule has 114 valence electrons. The maximum absolute atomic E-state index is 5.63. The van der Waals surface area contributed by atoms with E-state index in [9.17, 15) is 0 Å². The second-order valence-electron chi connectivity index (χ2n) is 5.25. The summed E-state index contributed by atoms with van der Waals surface area (Å²) < 4.78 is 13.0. The number of hydrogen-bond acceptors (Lipinski definition) is 2. The summed E-state index contributed by atoms with van der Waals surface area (Å²) in [7, 11) is 1.69. The lowest BCUT2D eigenvalue weighted by atomic mass is 10.1. The van der Waals surface area contributed by atoms with Crippen LogP contribution in [-0.2, 0) is 16.0 Å². The predicted molar refractivity (Wildman–Crippen MR) is 92.2 cm³/mol. The third-order valence-corrected chi connectivity index (χ3v) is 3.92. The zero-order valence-corrected chi connectivity index (χ0v) is 12.9. The summed E-state index contributed by atoms with van der Waals surface area (Å²) in [6, 6.07) is 15.0. The molecule has 2 aromatic carbocycles. The van der Waals surface area contributed by atoms with Crippen LogP contribution >= 0.6 is 0 Å². The second-order valence-corrected chi connectivity index (χ2v) is 5.25. The molecule has 0 saturated carbocycles. The fraction of sp³-hybridized carbons (Fsp3) is 0.263. The van der Waals surface area contributed by atoms with Crippen molar-refractivity contribution < 1.29 is 9.47 Å². The van der Waals surface area contributed by atoms with E-state index in [-0.39, 0.29) is 0 Å². The number of benzene rings is 2. The molecule has 0 fully saturated rings. The zero-order chi connectivity index (χ0) is 15.4. The molecule has 3 rings (SSSR count). The van der Waals surface area contributed by atoms with Crippen LogP contribution < -0.4 is 0 Å². The Labute approximate surface area is 130 Å². The normalized spacial score (nSPS) is 11.3. The van der Waals surface area contributed by atoms with Crippen LogP contribution in [0.3, 0.4) is 0 Å². The largest absolute Gasteiger partial charge is 0.382 e. The van der Waals surface area contributed by atoms with Crippen LogP contribution in [0.2, 0.25) is 0 Å². The van der Waals surface area contributed by atoms with Gasteiger partial charge in [0.2, 0.25) is 0 Å². The average Bonchev–Trinajstić information content (AvgIpc) is 2.88. The molecule has 0 aliphatic heterocycles. The molecular weight excluding hydrogens is 274 g/mol. The van der Waals surface area contributed by atoms with Gasteiger partial charge in [0.15, 0.2) is 0 Å². The highest BCUT2D eigenvalue weighted by molar-refractivity contribution is 6.08. The van der Waals surface area contributed by atoms with Crippen molar-refractivity contribution in [1.82, 2.24) is 4.57 Å². The quantitative estimate of drug-likeness (QED) is 0.613. The minimum Gasteiger partial charge on any atom is -0.382 e. The van der Waals surface area contributed by atoms with Gasteiger partial charge in [-0.25, -0.2) is 0 Å². The Morgan fingerprint density at radius 1 is 1.00 bits per heavy atom. The van der Waals surface area contributed by atoms with Gasteiger partial charge < -0.3 is 14.0 Å². The number of ether oxygens (including phenoxy) is 2. The molecule has 0 bridgehead atoms. The van der Waals surface area contributed by atoms with E-state index in [1.54, 1.807) is 7.11 Å². The Balaban J connectivity index is 1.97. The number of aromatic nitrogens is 1. The first-order valence-electron chi connectivity index (χ1n) is 7.55. The van der Waals surface area contributed by atoms with Gasteiger partial charge in [-0.3, -0.25) is 0 Å². The van der Waals surface area contributed by atoms with Gasteiger partial charge in [0.05, 0.1) is 19.8 Å². The predicted octanol–water partition coefficient (Wildman–Crippen LogP) is 4.10. The standard InChI is InChI=1S/C19H21NO2/c1-3-15-8-9-19-17(14-15)16-6-4-5-7-18(16)20(19)10-11-22-13-12-21-2/h3-9,14H,1,10-13H2,2H3. The molecule has 0 radical (unpaired) electrons.